The Hall–Kier alpha value is 0.300. The van der Waals surface area contributed by atoms with Crippen LogP contribution in [0.5, 0.6) is 0 Å². The van der Waals surface area contributed by atoms with Gasteiger partial charge in [-0.1, -0.05) is 18.2 Å². The van der Waals surface area contributed by atoms with Crippen LogP contribution in [0, 0.1) is 10.7 Å². The number of halogens is 6. The summed E-state index contributed by atoms with van der Waals surface area (Å²) in [6.45, 7) is 0. The zero-order valence-electron chi connectivity index (χ0n) is 14.8. The van der Waals surface area contributed by atoms with E-state index in [0.29, 0.717) is 17.5 Å². The number of aromatic nitrogens is 3. The maximum atomic E-state index is 4.80. The molecule has 0 aliphatic carbocycles. The molecule has 3 nitrogen and oxygen atoms in total. The van der Waals surface area contributed by atoms with E-state index in [2.05, 4.69) is 116 Å². The van der Waals surface area contributed by atoms with E-state index in [1.54, 1.807) is 0 Å². The van der Waals surface area contributed by atoms with Gasteiger partial charge in [-0.2, -0.15) is 0 Å². The molecule has 0 radical (unpaired) electrons. The summed E-state index contributed by atoms with van der Waals surface area (Å²) >= 11 is 17.7. The summed E-state index contributed by atoms with van der Waals surface area (Å²) in [5.74, 6) is 1.91. The molecule has 0 atom stereocenters. The summed E-state index contributed by atoms with van der Waals surface area (Å²) < 4.78 is 6.44. The maximum absolute atomic E-state index is 4.80. The molecule has 0 bridgehead atoms. The predicted octanol–water partition coefficient (Wildman–Crippen LogP) is 8.97. The van der Waals surface area contributed by atoms with Crippen LogP contribution < -0.4 is 0 Å². The topological polar surface area (TPSA) is 38.7 Å². The van der Waals surface area contributed by atoms with Gasteiger partial charge in [0.25, 0.3) is 0 Å². The highest BCUT2D eigenvalue weighted by Crippen LogP contribution is 2.31. The molecule has 0 fully saturated rings. The molecule has 0 unspecified atom stereocenters. The molecule has 4 aromatic rings. The van der Waals surface area contributed by atoms with Crippen LogP contribution in [0.1, 0.15) is 0 Å². The lowest BCUT2D eigenvalue weighted by atomic mass is 10.1. The monoisotopic (exact) mass is 921 g/mol. The molecule has 1 aromatic heterocycles. The second-order valence-electron chi connectivity index (χ2n) is 6.19. The van der Waals surface area contributed by atoms with Gasteiger partial charge in [0.1, 0.15) is 0 Å². The van der Waals surface area contributed by atoms with E-state index >= 15 is 0 Å². The normalized spacial score (nSPS) is 11.0. The molecule has 0 N–H and O–H groups in total. The Labute approximate surface area is 240 Å². The van der Waals surface area contributed by atoms with E-state index in [-0.39, 0.29) is 0 Å². The van der Waals surface area contributed by atoms with Crippen molar-refractivity contribution in [1.82, 2.24) is 15.0 Å². The van der Waals surface area contributed by atoms with Gasteiger partial charge in [-0.25, -0.2) is 15.0 Å². The minimum atomic E-state index is 0.636. The first-order chi connectivity index (χ1) is 14.3. The molecule has 0 saturated carbocycles. The molecule has 9 heteroatoms. The second kappa shape index (κ2) is 10.1. The fraction of sp³-hybridized carbons (Fsp3) is 0. The van der Waals surface area contributed by atoms with Gasteiger partial charge in [0.15, 0.2) is 17.5 Å². The van der Waals surface area contributed by atoms with Crippen molar-refractivity contribution in [3.05, 3.63) is 78.7 Å². The smallest absolute Gasteiger partial charge is 0.164 e. The Morgan fingerprint density at radius 2 is 0.733 bits per heavy atom. The van der Waals surface area contributed by atoms with E-state index in [4.69, 9.17) is 15.0 Å². The first-order valence-electron chi connectivity index (χ1n) is 8.44. The molecule has 0 saturated heterocycles. The van der Waals surface area contributed by atoms with Crippen molar-refractivity contribution < 1.29 is 0 Å². The molecule has 4 rings (SSSR count). The third kappa shape index (κ3) is 5.26. The Balaban J connectivity index is 1.94. The fourth-order valence-electron chi connectivity index (χ4n) is 2.67. The number of hydrogen-bond donors (Lipinski definition) is 0. The van der Waals surface area contributed by atoms with E-state index in [1.807, 2.05) is 54.6 Å². The van der Waals surface area contributed by atoms with Gasteiger partial charge in [-0.15, -0.1) is 0 Å². The molecule has 3 aromatic carbocycles. The number of nitrogens with zero attached hydrogens (tertiary/aromatic N) is 3. The molecule has 0 aliphatic heterocycles. The maximum Gasteiger partial charge on any atom is 0.164 e. The molecule has 1 heterocycles. The number of hydrogen-bond acceptors (Lipinski definition) is 3. The van der Waals surface area contributed by atoms with E-state index in [9.17, 15) is 0 Å². The zero-order chi connectivity index (χ0) is 21.4. The lowest BCUT2D eigenvalue weighted by Gasteiger charge is -2.10. The van der Waals surface area contributed by atoms with Crippen LogP contribution in [0.25, 0.3) is 34.2 Å². The number of rotatable bonds is 3. The highest BCUT2D eigenvalue weighted by Gasteiger charge is 2.14. The lowest BCUT2D eigenvalue weighted by Crippen LogP contribution is -2.00. The fourth-order valence-corrected chi connectivity index (χ4v) is 4.81. The van der Waals surface area contributed by atoms with Crippen LogP contribution >= 0.6 is 116 Å². The van der Waals surface area contributed by atoms with Crippen molar-refractivity contribution in [3.63, 3.8) is 0 Å². The summed E-state index contributed by atoms with van der Waals surface area (Å²) in [4.78, 5) is 14.4. The Bertz CT molecular complexity index is 1110. The average Bonchev–Trinajstić information content (AvgIpc) is 2.73. The molecule has 0 amide bonds. The molecular formula is C21H9Br3I3N3. The van der Waals surface area contributed by atoms with E-state index < -0.39 is 0 Å². The Morgan fingerprint density at radius 3 is 0.967 bits per heavy atom. The van der Waals surface area contributed by atoms with Crippen molar-refractivity contribution in [1.29, 1.82) is 0 Å². The van der Waals surface area contributed by atoms with Crippen LogP contribution in [-0.2, 0) is 0 Å². The van der Waals surface area contributed by atoms with E-state index in [1.165, 1.54) is 0 Å². The molecule has 0 spiro atoms. The second-order valence-corrected chi connectivity index (χ2v) is 12.2. The Morgan fingerprint density at radius 1 is 0.467 bits per heavy atom. The van der Waals surface area contributed by atoms with Crippen molar-refractivity contribution in [3.8, 4) is 34.2 Å². The lowest BCUT2D eigenvalue weighted by molar-refractivity contribution is 1.07. The summed E-state index contributed by atoms with van der Waals surface area (Å²) in [5, 5.41) is 0. The van der Waals surface area contributed by atoms with Crippen LogP contribution in [0.2, 0.25) is 0 Å². The van der Waals surface area contributed by atoms with Crippen molar-refractivity contribution in [2.24, 2.45) is 0 Å². The van der Waals surface area contributed by atoms with Crippen molar-refractivity contribution in [2.75, 3.05) is 0 Å². The van der Waals surface area contributed by atoms with Crippen molar-refractivity contribution in [2.45, 2.75) is 0 Å². The van der Waals surface area contributed by atoms with Crippen LogP contribution in [-0.4, -0.2) is 15.0 Å². The van der Waals surface area contributed by atoms with Gasteiger partial charge in [-0.3, -0.25) is 0 Å². The minimum Gasteiger partial charge on any atom is -0.208 e. The summed E-state index contributed by atoms with van der Waals surface area (Å²) in [7, 11) is 0. The summed E-state index contributed by atoms with van der Waals surface area (Å²) in [5.41, 5.74) is 2.80. The predicted molar refractivity (Wildman–Crippen MR) is 157 cm³/mol. The van der Waals surface area contributed by atoms with Gasteiger partial charge in [0, 0.05) is 40.8 Å². The minimum absolute atomic E-state index is 0.636. The Kier molecular flexibility index (Phi) is 7.87. The van der Waals surface area contributed by atoms with Gasteiger partial charge in [0.05, 0.1) is 0 Å². The first kappa shape index (κ1) is 23.5. The third-order valence-corrected chi connectivity index (χ3v) is 11.2. The zero-order valence-corrected chi connectivity index (χ0v) is 26.0. The molecular weight excluding hydrogens is 915 g/mol. The SMILES string of the molecule is Brc1cc(-c2nc(-c3ccc(I)c(Br)c3)nc(-c3ccc(I)c(Br)c3)n2)ccc1I. The molecule has 0 aliphatic rings. The van der Waals surface area contributed by atoms with Gasteiger partial charge < -0.3 is 0 Å². The standard InChI is InChI=1S/C21H9Br3I3N3/c22-13-7-10(1-4-16(13)25)19-28-20(11-2-5-17(26)14(23)8-11)30-21(29-19)12-3-6-18(27)15(24)9-12/h1-9H. The van der Waals surface area contributed by atoms with Crippen LogP contribution in [0.3, 0.4) is 0 Å². The molecule has 150 valence electrons. The van der Waals surface area contributed by atoms with Crippen molar-refractivity contribution >= 4 is 116 Å². The summed E-state index contributed by atoms with van der Waals surface area (Å²) in [6.07, 6.45) is 0. The van der Waals surface area contributed by atoms with Crippen LogP contribution in [0.15, 0.2) is 68.0 Å². The van der Waals surface area contributed by atoms with Gasteiger partial charge >= 0.3 is 0 Å². The first-order valence-corrected chi connectivity index (χ1v) is 14.1. The van der Waals surface area contributed by atoms with Gasteiger partial charge in [-0.05, 0) is 152 Å². The highest BCUT2D eigenvalue weighted by atomic mass is 127. The highest BCUT2D eigenvalue weighted by molar-refractivity contribution is 14.1. The van der Waals surface area contributed by atoms with Gasteiger partial charge in [0.2, 0.25) is 0 Å². The molecule has 30 heavy (non-hydrogen) atoms. The van der Waals surface area contributed by atoms with Crippen LogP contribution in [0.4, 0.5) is 0 Å². The summed E-state index contributed by atoms with van der Waals surface area (Å²) in [6, 6.07) is 18.4. The average molecular weight is 924 g/mol. The quantitative estimate of drug-likeness (QED) is 0.193. The van der Waals surface area contributed by atoms with E-state index in [0.717, 1.165) is 40.8 Å². The third-order valence-electron chi connectivity index (χ3n) is 4.17. The largest absolute Gasteiger partial charge is 0.208 e. The number of benzene rings is 3.